The fourth-order valence-corrected chi connectivity index (χ4v) is 2.25. The second-order valence-corrected chi connectivity index (χ2v) is 4.74. The maximum Gasteiger partial charge on any atom is 0.337 e. The van der Waals surface area contributed by atoms with E-state index in [0.29, 0.717) is 11.3 Å². The van der Waals surface area contributed by atoms with E-state index < -0.39 is 17.9 Å². The van der Waals surface area contributed by atoms with Crippen molar-refractivity contribution >= 4 is 23.5 Å². The topological polar surface area (TPSA) is 83.9 Å². The number of hydrogen-bond donors (Lipinski definition) is 1. The number of aliphatic carboxylic acids is 1. The third kappa shape index (κ3) is 2.49. The van der Waals surface area contributed by atoms with Crippen molar-refractivity contribution in [1.29, 1.82) is 0 Å². The van der Waals surface area contributed by atoms with Crippen LogP contribution in [0.5, 0.6) is 0 Å². The van der Waals surface area contributed by atoms with E-state index in [0.717, 1.165) is 5.56 Å². The second-order valence-electron chi connectivity index (χ2n) is 4.74. The predicted molar refractivity (Wildman–Crippen MR) is 70.6 cm³/mol. The van der Waals surface area contributed by atoms with Gasteiger partial charge in [-0.1, -0.05) is 6.07 Å². The highest BCUT2D eigenvalue weighted by Gasteiger charge is 2.35. The maximum atomic E-state index is 11.9. The van der Waals surface area contributed by atoms with E-state index in [-0.39, 0.29) is 18.9 Å². The number of aryl methyl sites for hydroxylation is 1. The number of amides is 1. The predicted octanol–water partition coefficient (Wildman–Crippen LogP) is 1.22. The summed E-state index contributed by atoms with van der Waals surface area (Å²) < 4.78 is 4.64. The van der Waals surface area contributed by atoms with Gasteiger partial charge in [0.15, 0.2) is 0 Å². The van der Waals surface area contributed by atoms with E-state index in [2.05, 4.69) is 4.74 Å². The van der Waals surface area contributed by atoms with Crippen molar-refractivity contribution in [1.82, 2.24) is 0 Å². The first-order valence-electron chi connectivity index (χ1n) is 6.16. The Labute approximate surface area is 115 Å². The number of carbonyl (C=O) groups is 3. The minimum atomic E-state index is -0.984. The zero-order chi connectivity index (χ0) is 14.9. The number of anilines is 1. The Morgan fingerprint density at radius 2 is 2.10 bits per heavy atom. The number of benzene rings is 1. The largest absolute Gasteiger partial charge is 0.481 e. The van der Waals surface area contributed by atoms with Crippen molar-refractivity contribution in [3.05, 3.63) is 29.3 Å². The van der Waals surface area contributed by atoms with Gasteiger partial charge in [0.05, 0.1) is 18.6 Å². The van der Waals surface area contributed by atoms with Crippen LogP contribution in [0.25, 0.3) is 0 Å². The lowest BCUT2D eigenvalue weighted by molar-refractivity contribution is -0.141. The van der Waals surface area contributed by atoms with Gasteiger partial charge in [0.25, 0.3) is 0 Å². The van der Waals surface area contributed by atoms with Crippen molar-refractivity contribution in [2.24, 2.45) is 5.92 Å². The molecule has 0 aliphatic carbocycles. The molecule has 0 aromatic heterocycles. The van der Waals surface area contributed by atoms with Crippen LogP contribution in [0.3, 0.4) is 0 Å². The fourth-order valence-electron chi connectivity index (χ4n) is 2.25. The Kier molecular flexibility index (Phi) is 3.74. The molecule has 1 aromatic rings. The van der Waals surface area contributed by atoms with Crippen LogP contribution in [0, 0.1) is 12.8 Å². The molecule has 0 radical (unpaired) electrons. The average molecular weight is 277 g/mol. The lowest BCUT2D eigenvalue weighted by Crippen LogP contribution is -2.26. The summed E-state index contributed by atoms with van der Waals surface area (Å²) in [6.07, 6.45) is -0.0166. The fraction of sp³-hybridized carbons (Fsp3) is 0.357. The van der Waals surface area contributed by atoms with Crippen molar-refractivity contribution in [2.75, 3.05) is 18.6 Å². The number of carboxylic acid groups (broad SMARTS) is 1. The summed E-state index contributed by atoms with van der Waals surface area (Å²) in [5, 5.41) is 8.99. The number of rotatable bonds is 3. The van der Waals surface area contributed by atoms with Gasteiger partial charge in [-0.15, -0.1) is 0 Å². The summed E-state index contributed by atoms with van der Waals surface area (Å²) in [6.45, 7) is 1.93. The van der Waals surface area contributed by atoms with Gasteiger partial charge in [0.1, 0.15) is 0 Å². The molecule has 0 saturated carbocycles. The number of hydrogen-bond acceptors (Lipinski definition) is 4. The molecule has 20 heavy (non-hydrogen) atoms. The van der Waals surface area contributed by atoms with E-state index in [4.69, 9.17) is 5.11 Å². The molecule has 1 fully saturated rings. The van der Waals surface area contributed by atoms with Gasteiger partial charge >= 0.3 is 11.9 Å². The molecule has 1 atom stereocenters. The SMILES string of the molecule is COC(=O)c1ccc(C)c(N2CC(C(=O)O)CC2=O)c1. The lowest BCUT2D eigenvalue weighted by Gasteiger charge is -2.19. The highest BCUT2D eigenvalue weighted by molar-refractivity contribution is 6.01. The van der Waals surface area contributed by atoms with Gasteiger partial charge in [0, 0.05) is 18.7 Å². The van der Waals surface area contributed by atoms with Crippen LogP contribution >= 0.6 is 0 Å². The summed E-state index contributed by atoms with van der Waals surface area (Å²) in [5.74, 6) is -2.43. The van der Waals surface area contributed by atoms with Crippen molar-refractivity contribution in [2.45, 2.75) is 13.3 Å². The summed E-state index contributed by atoms with van der Waals surface area (Å²) in [5.41, 5.74) is 1.69. The highest BCUT2D eigenvalue weighted by atomic mass is 16.5. The molecule has 2 rings (SSSR count). The first kappa shape index (κ1) is 14.0. The zero-order valence-electron chi connectivity index (χ0n) is 11.3. The Hall–Kier alpha value is -2.37. The van der Waals surface area contributed by atoms with E-state index in [1.54, 1.807) is 25.1 Å². The number of methoxy groups -OCH3 is 1. The second kappa shape index (κ2) is 5.32. The van der Waals surface area contributed by atoms with Gasteiger partial charge in [-0.3, -0.25) is 9.59 Å². The summed E-state index contributed by atoms with van der Waals surface area (Å²) in [4.78, 5) is 35.9. The van der Waals surface area contributed by atoms with E-state index >= 15 is 0 Å². The lowest BCUT2D eigenvalue weighted by atomic mass is 10.1. The van der Waals surface area contributed by atoms with Crippen molar-refractivity contribution in [3.63, 3.8) is 0 Å². The molecule has 106 valence electrons. The molecule has 1 aliphatic heterocycles. The van der Waals surface area contributed by atoms with Gasteiger partial charge in [0.2, 0.25) is 5.91 Å². The van der Waals surface area contributed by atoms with E-state index in [1.165, 1.54) is 12.0 Å². The quantitative estimate of drug-likeness (QED) is 0.840. The Balaban J connectivity index is 2.35. The van der Waals surface area contributed by atoms with Gasteiger partial charge in [-0.25, -0.2) is 4.79 Å². The molecule has 1 aliphatic rings. The van der Waals surface area contributed by atoms with Crippen LogP contribution in [0.1, 0.15) is 22.3 Å². The first-order chi connectivity index (χ1) is 9.43. The van der Waals surface area contributed by atoms with Crippen LogP contribution in [-0.2, 0) is 14.3 Å². The van der Waals surface area contributed by atoms with Crippen LogP contribution in [-0.4, -0.2) is 36.6 Å². The van der Waals surface area contributed by atoms with Crippen LogP contribution in [0.4, 0.5) is 5.69 Å². The number of nitrogens with zero attached hydrogens (tertiary/aromatic N) is 1. The van der Waals surface area contributed by atoms with E-state index in [9.17, 15) is 14.4 Å². The summed E-state index contributed by atoms with van der Waals surface area (Å²) >= 11 is 0. The summed E-state index contributed by atoms with van der Waals surface area (Å²) in [6, 6.07) is 4.88. The minimum absolute atomic E-state index is 0.0166. The standard InChI is InChI=1S/C14H15NO5/c1-8-3-4-9(14(19)20-2)5-11(8)15-7-10(13(17)18)6-12(15)16/h3-5,10H,6-7H2,1-2H3,(H,17,18). The number of esters is 1. The third-order valence-corrected chi connectivity index (χ3v) is 3.40. The average Bonchev–Trinajstić information content (AvgIpc) is 2.80. The third-order valence-electron chi connectivity index (χ3n) is 3.40. The number of carboxylic acids is 1. The number of carbonyl (C=O) groups excluding carboxylic acids is 2. The molecule has 1 amide bonds. The molecule has 6 heteroatoms. The van der Waals surface area contributed by atoms with Crippen molar-refractivity contribution < 1.29 is 24.2 Å². The molecule has 1 saturated heterocycles. The van der Waals surface area contributed by atoms with Crippen LogP contribution in [0.15, 0.2) is 18.2 Å². The highest BCUT2D eigenvalue weighted by Crippen LogP contribution is 2.29. The van der Waals surface area contributed by atoms with Gasteiger partial charge in [-0.2, -0.15) is 0 Å². The number of ether oxygens (including phenoxy) is 1. The zero-order valence-corrected chi connectivity index (χ0v) is 11.3. The molecule has 1 N–H and O–H groups in total. The molecule has 6 nitrogen and oxygen atoms in total. The Morgan fingerprint density at radius 1 is 1.40 bits per heavy atom. The minimum Gasteiger partial charge on any atom is -0.481 e. The molecule has 0 bridgehead atoms. The summed E-state index contributed by atoms with van der Waals surface area (Å²) in [7, 11) is 1.28. The van der Waals surface area contributed by atoms with Gasteiger partial charge < -0.3 is 14.7 Å². The Bertz CT molecular complexity index is 581. The first-order valence-corrected chi connectivity index (χ1v) is 6.16. The monoisotopic (exact) mass is 277 g/mol. The van der Waals surface area contributed by atoms with Crippen LogP contribution in [0.2, 0.25) is 0 Å². The normalized spacial score (nSPS) is 18.2. The molecule has 1 heterocycles. The van der Waals surface area contributed by atoms with Gasteiger partial charge in [-0.05, 0) is 24.6 Å². The van der Waals surface area contributed by atoms with Crippen LogP contribution < -0.4 is 4.90 Å². The van der Waals surface area contributed by atoms with Crippen molar-refractivity contribution in [3.8, 4) is 0 Å². The van der Waals surface area contributed by atoms with E-state index in [1.807, 2.05) is 0 Å². The smallest absolute Gasteiger partial charge is 0.337 e. The molecule has 0 spiro atoms. The molecular formula is C14H15NO5. The molecule has 1 aromatic carbocycles. The Morgan fingerprint density at radius 3 is 2.65 bits per heavy atom. The molecule has 1 unspecified atom stereocenters. The molecular weight excluding hydrogens is 262 g/mol. The maximum absolute atomic E-state index is 11.9.